The predicted octanol–water partition coefficient (Wildman–Crippen LogP) is -0.294. The number of rotatable bonds is 5. The van der Waals surface area contributed by atoms with Crippen molar-refractivity contribution in [3.05, 3.63) is 12.4 Å². The molecule has 8 heteroatoms. The van der Waals surface area contributed by atoms with Gasteiger partial charge in [0.1, 0.15) is 18.0 Å². The van der Waals surface area contributed by atoms with Crippen LogP contribution in [0.3, 0.4) is 0 Å². The monoisotopic (exact) mass is 228 g/mol. The Morgan fingerprint density at radius 3 is 2.50 bits per heavy atom. The molecule has 0 aromatic carbocycles. The Balaban J connectivity index is 1.86. The van der Waals surface area contributed by atoms with E-state index in [1.807, 2.05) is 0 Å². The second kappa shape index (κ2) is 4.22. The summed E-state index contributed by atoms with van der Waals surface area (Å²) in [4.78, 5) is 7.43. The minimum absolute atomic E-state index is 0.0312. The van der Waals surface area contributed by atoms with Crippen molar-refractivity contribution < 1.29 is 23.8 Å². The number of hydrogen-bond acceptors (Lipinski definition) is 6. The number of ether oxygens (including phenoxy) is 1. The molecule has 1 heterocycles. The number of hydrogen-bond donors (Lipinski definition) is 2. The summed E-state index contributed by atoms with van der Waals surface area (Å²) in [5, 5.41) is 17.0. The number of aromatic nitrogens is 2. The van der Waals surface area contributed by atoms with Crippen molar-refractivity contribution in [2.45, 2.75) is 18.5 Å². The quantitative estimate of drug-likeness (QED) is 0.673. The van der Waals surface area contributed by atoms with E-state index in [0.717, 1.165) is 0 Å². The fourth-order valence-corrected chi connectivity index (χ4v) is 1.04. The van der Waals surface area contributed by atoms with Gasteiger partial charge in [0.05, 0.1) is 12.4 Å². The zero-order valence-corrected chi connectivity index (χ0v) is 8.34. The molecule has 0 atom stereocenters. The highest BCUT2D eigenvalue weighted by Gasteiger charge is 2.44. The van der Waals surface area contributed by atoms with E-state index in [2.05, 4.69) is 14.6 Å². The van der Waals surface area contributed by atoms with Crippen molar-refractivity contribution >= 4 is 7.32 Å². The van der Waals surface area contributed by atoms with E-state index in [1.54, 1.807) is 0 Å². The van der Waals surface area contributed by atoms with Gasteiger partial charge in [0, 0.05) is 0 Å². The maximum absolute atomic E-state index is 13.2. The number of halogens is 1. The summed E-state index contributed by atoms with van der Waals surface area (Å²) in [6.07, 6.45) is 3.43. The highest BCUT2D eigenvalue weighted by atomic mass is 19.1. The minimum atomic E-state index is -1.92. The highest BCUT2D eigenvalue weighted by molar-refractivity contribution is 6.33. The van der Waals surface area contributed by atoms with Crippen LogP contribution in [0.4, 0.5) is 4.39 Å². The smallest absolute Gasteiger partial charge is 0.509 e. The van der Waals surface area contributed by atoms with Gasteiger partial charge in [-0.3, -0.25) is 0 Å². The number of nitrogens with zero attached hydrogens (tertiary/aromatic N) is 2. The molecule has 1 aromatic heterocycles. The van der Waals surface area contributed by atoms with Gasteiger partial charge in [0.15, 0.2) is 0 Å². The summed E-state index contributed by atoms with van der Waals surface area (Å²) in [6, 6.07) is 0.0312. The van der Waals surface area contributed by atoms with Crippen molar-refractivity contribution in [2.75, 3.05) is 6.61 Å². The van der Waals surface area contributed by atoms with E-state index in [1.165, 1.54) is 12.4 Å². The van der Waals surface area contributed by atoms with Gasteiger partial charge >= 0.3 is 13.3 Å². The Labute approximate surface area is 91.2 Å². The van der Waals surface area contributed by atoms with Crippen molar-refractivity contribution in [2.24, 2.45) is 0 Å². The standard InChI is InChI=1S/C8H10BFN2O4/c10-8(1-2-8)5-15-7-11-3-6(4-12-7)16-9(13)14/h3-4,13-14H,1-2,5H2. The van der Waals surface area contributed by atoms with Crippen molar-refractivity contribution in [1.82, 2.24) is 9.97 Å². The fourth-order valence-electron chi connectivity index (χ4n) is 1.04. The lowest BCUT2D eigenvalue weighted by molar-refractivity contribution is 0.167. The Morgan fingerprint density at radius 2 is 2.00 bits per heavy atom. The van der Waals surface area contributed by atoms with Crippen LogP contribution in [0.1, 0.15) is 12.8 Å². The fraction of sp³-hybridized carbons (Fsp3) is 0.500. The average molecular weight is 228 g/mol. The molecule has 0 bridgehead atoms. The zero-order valence-electron chi connectivity index (χ0n) is 8.34. The summed E-state index contributed by atoms with van der Waals surface area (Å²) < 4.78 is 22.7. The van der Waals surface area contributed by atoms with Crippen LogP contribution in [0.2, 0.25) is 0 Å². The van der Waals surface area contributed by atoms with E-state index in [4.69, 9.17) is 14.8 Å². The van der Waals surface area contributed by atoms with Crippen LogP contribution < -0.4 is 9.39 Å². The SMILES string of the molecule is OB(O)Oc1cnc(OCC2(F)CC2)nc1. The Hall–Kier alpha value is -1.41. The Bertz CT molecular complexity index is 358. The molecular formula is C8H10BFN2O4. The van der Waals surface area contributed by atoms with E-state index in [0.29, 0.717) is 12.8 Å². The molecule has 0 saturated heterocycles. The lowest BCUT2D eigenvalue weighted by Gasteiger charge is -2.07. The summed E-state index contributed by atoms with van der Waals surface area (Å²) in [7, 11) is -1.92. The summed E-state index contributed by atoms with van der Waals surface area (Å²) in [6.45, 7) is -0.0597. The first-order valence-electron chi connectivity index (χ1n) is 4.74. The van der Waals surface area contributed by atoms with Crippen LogP contribution in [-0.2, 0) is 0 Å². The van der Waals surface area contributed by atoms with Crippen molar-refractivity contribution in [1.29, 1.82) is 0 Å². The van der Waals surface area contributed by atoms with Gasteiger partial charge in [-0.25, -0.2) is 4.39 Å². The van der Waals surface area contributed by atoms with Crippen LogP contribution in [0.25, 0.3) is 0 Å². The molecule has 1 aliphatic carbocycles. The molecule has 1 fully saturated rings. The molecule has 1 aliphatic rings. The lowest BCUT2D eigenvalue weighted by atomic mass is 10.2. The molecule has 0 spiro atoms. The first-order valence-corrected chi connectivity index (χ1v) is 4.74. The second-order valence-corrected chi connectivity index (χ2v) is 3.59. The van der Waals surface area contributed by atoms with Crippen LogP contribution in [0, 0.1) is 0 Å². The maximum atomic E-state index is 13.2. The van der Waals surface area contributed by atoms with Crippen LogP contribution >= 0.6 is 0 Å². The van der Waals surface area contributed by atoms with Gasteiger partial charge in [-0.2, -0.15) is 9.97 Å². The number of alkyl halides is 1. The molecule has 6 nitrogen and oxygen atoms in total. The molecule has 16 heavy (non-hydrogen) atoms. The maximum Gasteiger partial charge on any atom is 0.707 e. The van der Waals surface area contributed by atoms with E-state index in [-0.39, 0.29) is 18.4 Å². The molecule has 1 saturated carbocycles. The van der Waals surface area contributed by atoms with Crippen LogP contribution in [-0.4, -0.2) is 39.6 Å². The minimum Gasteiger partial charge on any atom is -0.509 e. The van der Waals surface area contributed by atoms with E-state index in [9.17, 15) is 4.39 Å². The largest absolute Gasteiger partial charge is 0.707 e. The molecule has 0 amide bonds. The normalized spacial score (nSPS) is 16.7. The third kappa shape index (κ3) is 3.04. The third-order valence-electron chi connectivity index (χ3n) is 2.10. The van der Waals surface area contributed by atoms with Gasteiger partial charge < -0.3 is 19.4 Å². The van der Waals surface area contributed by atoms with Crippen LogP contribution in [0.5, 0.6) is 11.8 Å². The Morgan fingerprint density at radius 1 is 1.38 bits per heavy atom. The van der Waals surface area contributed by atoms with E-state index < -0.39 is 13.0 Å². The Kier molecular flexibility index (Phi) is 2.93. The molecule has 1 aromatic rings. The molecule has 0 aliphatic heterocycles. The lowest BCUT2D eigenvalue weighted by Crippen LogP contribution is -2.21. The topological polar surface area (TPSA) is 84.7 Å². The molecular weight excluding hydrogens is 218 g/mol. The molecule has 0 unspecified atom stereocenters. The van der Waals surface area contributed by atoms with Gasteiger partial charge in [-0.15, -0.1) is 0 Å². The third-order valence-corrected chi connectivity index (χ3v) is 2.10. The average Bonchev–Trinajstić information content (AvgIpc) is 2.96. The van der Waals surface area contributed by atoms with Crippen LogP contribution in [0.15, 0.2) is 12.4 Å². The van der Waals surface area contributed by atoms with Gasteiger partial charge in [-0.1, -0.05) is 0 Å². The van der Waals surface area contributed by atoms with Gasteiger partial charge in [0.25, 0.3) is 0 Å². The van der Waals surface area contributed by atoms with Gasteiger partial charge in [-0.05, 0) is 12.8 Å². The summed E-state index contributed by atoms with van der Waals surface area (Å²) >= 11 is 0. The second-order valence-electron chi connectivity index (χ2n) is 3.59. The molecule has 2 rings (SSSR count). The van der Waals surface area contributed by atoms with Gasteiger partial charge in [0.2, 0.25) is 0 Å². The summed E-state index contributed by atoms with van der Waals surface area (Å²) in [5.74, 6) is 0.0868. The first-order chi connectivity index (χ1) is 7.57. The highest BCUT2D eigenvalue weighted by Crippen LogP contribution is 2.39. The molecule has 2 N–H and O–H groups in total. The van der Waals surface area contributed by atoms with E-state index >= 15 is 0 Å². The van der Waals surface area contributed by atoms with Crippen molar-refractivity contribution in [3.8, 4) is 11.8 Å². The predicted molar refractivity (Wildman–Crippen MR) is 51.4 cm³/mol. The molecule has 86 valence electrons. The zero-order chi connectivity index (χ0) is 11.6. The van der Waals surface area contributed by atoms with Crippen molar-refractivity contribution in [3.63, 3.8) is 0 Å². The summed E-state index contributed by atoms with van der Waals surface area (Å²) in [5.41, 5.74) is -1.22. The first kappa shape index (κ1) is 11.1. The molecule has 0 radical (unpaired) electrons.